The Morgan fingerprint density at radius 1 is 1.27 bits per heavy atom. The van der Waals surface area contributed by atoms with Crippen molar-refractivity contribution < 1.29 is 4.79 Å². The molecule has 0 unspecified atom stereocenters. The fourth-order valence-electron chi connectivity index (χ4n) is 2.27. The molecule has 0 aliphatic rings. The molecule has 8 heteroatoms. The standard InChI is InChI=1S/C18H16BrN5OS/c1-2-10-24-17(15-8-3-4-9-20-15)22-23-18(24)26-12-16(25)21-14-7-5-6-13(19)11-14/h2-9,11H,1,10,12H2,(H,21,25). The van der Waals surface area contributed by atoms with Crippen molar-refractivity contribution in [1.29, 1.82) is 0 Å². The lowest BCUT2D eigenvalue weighted by Crippen LogP contribution is -2.14. The third-order valence-corrected chi connectivity index (χ3v) is 4.82. The van der Waals surface area contributed by atoms with E-state index in [0.717, 1.165) is 15.9 Å². The van der Waals surface area contributed by atoms with E-state index in [1.807, 2.05) is 47.0 Å². The summed E-state index contributed by atoms with van der Waals surface area (Å²) in [6, 6.07) is 13.1. The van der Waals surface area contributed by atoms with E-state index in [9.17, 15) is 4.79 Å². The first-order chi connectivity index (χ1) is 12.7. The highest BCUT2D eigenvalue weighted by molar-refractivity contribution is 9.10. The van der Waals surface area contributed by atoms with Crippen molar-refractivity contribution in [2.75, 3.05) is 11.1 Å². The first kappa shape index (κ1) is 18.3. The fraction of sp³-hybridized carbons (Fsp3) is 0.111. The summed E-state index contributed by atoms with van der Waals surface area (Å²) in [7, 11) is 0. The average molecular weight is 430 g/mol. The first-order valence-corrected chi connectivity index (χ1v) is 9.59. The van der Waals surface area contributed by atoms with Crippen LogP contribution in [0.5, 0.6) is 0 Å². The lowest BCUT2D eigenvalue weighted by Gasteiger charge is -2.08. The molecule has 0 saturated heterocycles. The Morgan fingerprint density at radius 2 is 2.15 bits per heavy atom. The van der Waals surface area contributed by atoms with Gasteiger partial charge in [0.1, 0.15) is 5.69 Å². The topological polar surface area (TPSA) is 72.7 Å². The van der Waals surface area contributed by atoms with Gasteiger partial charge in [0.2, 0.25) is 5.91 Å². The van der Waals surface area contributed by atoms with Crippen LogP contribution in [0, 0.1) is 0 Å². The third-order valence-electron chi connectivity index (χ3n) is 3.36. The van der Waals surface area contributed by atoms with E-state index in [1.165, 1.54) is 11.8 Å². The number of allylic oxidation sites excluding steroid dienone is 1. The van der Waals surface area contributed by atoms with Gasteiger partial charge in [0.05, 0.1) is 5.75 Å². The summed E-state index contributed by atoms with van der Waals surface area (Å²) in [6.45, 7) is 4.32. The molecular weight excluding hydrogens is 414 g/mol. The number of hydrogen-bond acceptors (Lipinski definition) is 5. The molecule has 0 aliphatic heterocycles. The quantitative estimate of drug-likeness (QED) is 0.453. The Labute approximate surface area is 163 Å². The molecule has 26 heavy (non-hydrogen) atoms. The van der Waals surface area contributed by atoms with Crippen LogP contribution in [0.25, 0.3) is 11.5 Å². The molecule has 0 bridgehead atoms. The van der Waals surface area contributed by atoms with Gasteiger partial charge in [-0.25, -0.2) is 0 Å². The Balaban J connectivity index is 1.70. The maximum Gasteiger partial charge on any atom is 0.234 e. The highest BCUT2D eigenvalue weighted by atomic mass is 79.9. The van der Waals surface area contributed by atoms with Crippen molar-refractivity contribution in [3.05, 3.63) is 65.8 Å². The molecule has 0 aliphatic carbocycles. The van der Waals surface area contributed by atoms with E-state index in [2.05, 4.69) is 43.0 Å². The van der Waals surface area contributed by atoms with Gasteiger partial charge >= 0.3 is 0 Å². The molecule has 1 amide bonds. The number of halogens is 1. The number of nitrogens with one attached hydrogen (secondary N) is 1. The summed E-state index contributed by atoms with van der Waals surface area (Å²) in [4.78, 5) is 16.5. The number of anilines is 1. The molecule has 0 atom stereocenters. The van der Waals surface area contributed by atoms with Crippen LogP contribution in [0.3, 0.4) is 0 Å². The number of carbonyl (C=O) groups excluding carboxylic acids is 1. The number of hydrogen-bond donors (Lipinski definition) is 1. The van der Waals surface area contributed by atoms with Crippen molar-refractivity contribution in [1.82, 2.24) is 19.7 Å². The normalized spacial score (nSPS) is 10.5. The summed E-state index contributed by atoms with van der Waals surface area (Å²) < 4.78 is 2.81. The predicted molar refractivity (Wildman–Crippen MR) is 107 cm³/mol. The Bertz CT molecular complexity index is 913. The zero-order valence-corrected chi connectivity index (χ0v) is 16.2. The summed E-state index contributed by atoms with van der Waals surface area (Å²) in [5.74, 6) is 0.769. The number of thioether (sulfide) groups is 1. The van der Waals surface area contributed by atoms with Crippen LogP contribution in [-0.2, 0) is 11.3 Å². The number of aromatic nitrogens is 4. The van der Waals surface area contributed by atoms with Gasteiger partial charge in [-0.1, -0.05) is 45.9 Å². The second kappa shape index (κ2) is 8.77. The van der Waals surface area contributed by atoms with E-state index < -0.39 is 0 Å². The molecule has 2 heterocycles. The number of carbonyl (C=O) groups is 1. The largest absolute Gasteiger partial charge is 0.325 e. The maximum absolute atomic E-state index is 12.2. The van der Waals surface area contributed by atoms with Crippen LogP contribution < -0.4 is 5.32 Å². The van der Waals surface area contributed by atoms with Gasteiger partial charge in [-0.15, -0.1) is 16.8 Å². The van der Waals surface area contributed by atoms with Gasteiger partial charge in [0.15, 0.2) is 11.0 Å². The maximum atomic E-state index is 12.2. The van der Waals surface area contributed by atoms with E-state index in [4.69, 9.17) is 0 Å². The van der Waals surface area contributed by atoms with Crippen LogP contribution >= 0.6 is 27.7 Å². The number of benzene rings is 1. The summed E-state index contributed by atoms with van der Waals surface area (Å²) in [5.41, 5.74) is 1.47. The van der Waals surface area contributed by atoms with Crippen LogP contribution in [0.2, 0.25) is 0 Å². The molecule has 0 radical (unpaired) electrons. The van der Waals surface area contributed by atoms with Crippen LogP contribution in [0.4, 0.5) is 5.69 Å². The van der Waals surface area contributed by atoms with E-state index in [-0.39, 0.29) is 11.7 Å². The molecule has 1 aromatic carbocycles. The molecule has 1 N–H and O–H groups in total. The monoisotopic (exact) mass is 429 g/mol. The van der Waals surface area contributed by atoms with Crippen LogP contribution in [0.15, 0.2) is 70.9 Å². The molecule has 2 aromatic heterocycles. The Hall–Kier alpha value is -2.45. The molecule has 132 valence electrons. The zero-order valence-electron chi connectivity index (χ0n) is 13.8. The van der Waals surface area contributed by atoms with Crippen molar-refractivity contribution in [3.63, 3.8) is 0 Å². The molecule has 0 fully saturated rings. The lowest BCUT2D eigenvalue weighted by atomic mass is 10.3. The van der Waals surface area contributed by atoms with E-state index in [1.54, 1.807) is 12.3 Å². The number of amides is 1. The highest BCUT2D eigenvalue weighted by Gasteiger charge is 2.15. The minimum Gasteiger partial charge on any atom is -0.325 e. The Morgan fingerprint density at radius 3 is 2.88 bits per heavy atom. The molecule has 3 rings (SSSR count). The van der Waals surface area contributed by atoms with Crippen molar-refractivity contribution >= 4 is 39.3 Å². The highest BCUT2D eigenvalue weighted by Crippen LogP contribution is 2.23. The number of nitrogens with zero attached hydrogens (tertiary/aromatic N) is 4. The van der Waals surface area contributed by atoms with Gasteiger partial charge in [0.25, 0.3) is 0 Å². The number of rotatable bonds is 7. The minimum absolute atomic E-state index is 0.111. The third kappa shape index (κ3) is 4.59. The Kier molecular flexibility index (Phi) is 6.19. The van der Waals surface area contributed by atoms with Gasteiger partial charge < -0.3 is 5.32 Å². The second-order valence-electron chi connectivity index (χ2n) is 5.27. The van der Waals surface area contributed by atoms with Crippen LogP contribution in [0.1, 0.15) is 0 Å². The van der Waals surface area contributed by atoms with Crippen molar-refractivity contribution in [2.45, 2.75) is 11.7 Å². The summed E-state index contributed by atoms with van der Waals surface area (Å²) >= 11 is 4.71. The SMILES string of the molecule is C=CCn1c(SCC(=O)Nc2cccc(Br)c2)nnc1-c1ccccn1. The second-order valence-corrected chi connectivity index (χ2v) is 7.13. The molecule has 6 nitrogen and oxygen atoms in total. The van der Waals surface area contributed by atoms with Crippen molar-refractivity contribution in [2.24, 2.45) is 0 Å². The average Bonchev–Trinajstić information content (AvgIpc) is 3.04. The minimum atomic E-state index is -0.111. The van der Waals surface area contributed by atoms with Gasteiger partial charge in [-0.2, -0.15) is 0 Å². The lowest BCUT2D eigenvalue weighted by molar-refractivity contribution is -0.113. The molecule has 3 aromatic rings. The fourth-order valence-corrected chi connectivity index (χ4v) is 3.41. The predicted octanol–water partition coefficient (Wildman–Crippen LogP) is 4.02. The van der Waals surface area contributed by atoms with Crippen LogP contribution in [-0.4, -0.2) is 31.4 Å². The smallest absolute Gasteiger partial charge is 0.234 e. The van der Waals surface area contributed by atoms with Gasteiger partial charge in [-0.3, -0.25) is 14.3 Å². The zero-order chi connectivity index (χ0) is 18.4. The van der Waals surface area contributed by atoms with E-state index in [0.29, 0.717) is 17.5 Å². The van der Waals surface area contributed by atoms with Gasteiger partial charge in [-0.05, 0) is 30.3 Å². The molecule has 0 saturated carbocycles. The first-order valence-electron chi connectivity index (χ1n) is 7.81. The number of pyridine rings is 1. The van der Waals surface area contributed by atoms with Crippen molar-refractivity contribution in [3.8, 4) is 11.5 Å². The molecule has 0 spiro atoms. The summed E-state index contributed by atoms with van der Waals surface area (Å²) in [5, 5.41) is 11.9. The van der Waals surface area contributed by atoms with E-state index >= 15 is 0 Å². The molecular formula is C18H16BrN5OS. The van der Waals surface area contributed by atoms with Gasteiger partial charge in [0, 0.05) is 22.9 Å². The summed E-state index contributed by atoms with van der Waals surface area (Å²) in [6.07, 6.45) is 3.47.